The zero-order chi connectivity index (χ0) is 8.02. The predicted octanol–water partition coefficient (Wildman–Crippen LogP) is 0.692. The van der Waals surface area contributed by atoms with Crippen LogP contribution in [-0.4, -0.2) is 37.6 Å². The van der Waals surface area contributed by atoms with Gasteiger partial charge in [0.05, 0.1) is 0 Å². The van der Waals surface area contributed by atoms with Crippen LogP contribution in [0.2, 0.25) is 0 Å². The van der Waals surface area contributed by atoms with Gasteiger partial charge in [0.25, 0.3) is 0 Å². The summed E-state index contributed by atoms with van der Waals surface area (Å²) in [6.45, 7) is 6.74. The molecule has 12 heavy (non-hydrogen) atoms. The fourth-order valence-electron chi connectivity index (χ4n) is 2.87. The van der Waals surface area contributed by atoms with Gasteiger partial charge >= 0.3 is 0 Å². The molecule has 0 radical (unpaired) electrons. The fraction of sp³-hybridized carbons (Fsp3) is 1.00. The molecule has 68 valence electrons. The van der Waals surface area contributed by atoms with Gasteiger partial charge in [-0.15, -0.1) is 0 Å². The third kappa shape index (κ3) is 1.01. The minimum Gasteiger partial charge on any atom is -0.316 e. The summed E-state index contributed by atoms with van der Waals surface area (Å²) in [4.78, 5) is 2.66. The van der Waals surface area contributed by atoms with Crippen molar-refractivity contribution in [1.29, 1.82) is 0 Å². The second-order valence-corrected chi connectivity index (χ2v) is 5.05. The van der Waals surface area contributed by atoms with Crippen LogP contribution in [0.5, 0.6) is 0 Å². The van der Waals surface area contributed by atoms with E-state index in [2.05, 4.69) is 10.2 Å². The Morgan fingerprint density at radius 1 is 1.25 bits per heavy atom. The molecule has 0 aromatic heterocycles. The minimum absolute atomic E-state index is 0.831. The minimum atomic E-state index is 0.831. The highest BCUT2D eigenvalue weighted by molar-refractivity contribution is 5.01. The van der Waals surface area contributed by atoms with E-state index in [1.807, 2.05) is 0 Å². The Balaban J connectivity index is 1.43. The van der Waals surface area contributed by atoms with Crippen LogP contribution >= 0.6 is 0 Å². The Bertz CT molecular complexity index is 172. The van der Waals surface area contributed by atoms with Crippen LogP contribution in [0.4, 0.5) is 0 Å². The molecule has 1 saturated carbocycles. The zero-order valence-electron chi connectivity index (χ0n) is 7.68. The lowest BCUT2D eigenvalue weighted by Gasteiger charge is -2.57. The van der Waals surface area contributed by atoms with E-state index < -0.39 is 0 Å². The standard InChI is InChI=1S/C10H18N2/c1-2-10(3-1)7-12(8-10)6-9-4-11-5-9/h9,11H,1-8H2. The highest BCUT2D eigenvalue weighted by Gasteiger charge is 2.47. The molecule has 2 heterocycles. The lowest BCUT2D eigenvalue weighted by molar-refractivity contribution is -0.0693. The quantitative estimate of drug-likeness (QED) is 0.649. The molecule has 2 aliphatic heterocycles. The molecule has 1 aliphatic carbocycles. The number of likely N-dealkylation sites (tertiary alicyclic amines) is 1. The number of nitrogens with one attached hydrogen (secondary N) is 1. The van der Waals surface area contributed by atoms with E-state index in [4.69, 9.17) is 0 Å². The molecule has 3 fully saturated rings. The van der Waals surface area contributed by atoms with Gasteiger partial charge in [-0.25, -0.2) is 0 Å². The van der Waals surface area contributed by atoms with Crippen molar-refractivity contribution in [1.82, 2.24) is 10.2 Å². The third-order valence-electron chi connectivity index (χ3n) is 3.91. The molecule has 1 spiro atoms. The summed E-state index contributed by atoms with van der Waals surface area (Å²) in [5, 5.41) is 3.34. The van der Waals surface area contributed by atoms with Gasteiger partial charge in [-0.3, -0.25) is 0 Å². The van der Waals surface area contributed by atoms with Crippen molar-refractivity contribution in [3.8, 4) is 0 Å². The first kappa shape index (κ1) is 7.34. The summed E-state index contributed by atoms with van der Waals surface area (Å²) < 4.78 is 0. The first-order valence-electron chi connectivity index (χ1n) is 5.29. The first-order chi connectivity index (χ1) is 5.86. The van der Waals surface area contributed by atoms with Gasteiger partial charge in [0.2, 0.25) is 0 Å². The van der Waals surface area contributed by atoms with E-state index in [1.165, 1.54) is 52.0 Å². The van der Waals surface area contributed by atoms with Gasteiger partial charge in [-0.1, -0.05) is 6.42 Å². The Kier molecular flexibility index (Phi) is 1.50. The van der Waals surface area contributed by atoms with Crippen LogP contribution in [0.25, 0.3) is 0 Å². The van der Waals surface area contributed by atoms with E-state index in [1.54, 1.807) is 0 Å². The Morgan fingerprint density at radius 2 is 2.00 bits per heavy atom. The summed E-state index contributed by atoms with van der Waals surface area (Å²) in [5.74, 6) is 0.974. The highest BCUT2D eigenvalue weighted by atomic mass is 15.2. The predicted molar refractivity (Wildman–Crippen MR) is 49.1 cm³/mol. The lowest BCUT2D eigenvalue weighted by Crippen LogP contribution is -2.62. The van der Waals surface area contributed by atoms with Gasteiger partial charge in [0, 0.05) is 32.7 Å². The highest BCUT2D eigenvalue weighted by Crippen LogP contribution is 2.48. The van der Waals surface area contributed by atoms with Crippen molar-refractivity contribution >= 4 is 0 Å². The van der Waals surface area contributed by atoms with Crippen LogP contribution in [0, 0.1) is 11.3 Å². The summed E-state index contributed by atoms with van der Waals surface area (Å²) >= 11 is 0. The van der Waals surface area contributed by atoms with Crippen LogP contribution < -0.4 is 5.32 Å². The largest absolute Gasteiger partial charge is 0.316 e. The van der Waals surface area contributed by atoms with Gasteiger partial charge in [0.15, 0.2) is 0 Å². The molecule has 3 aliphatic rings. The molecule has 3 rings (SSSR count). The van der Waals surface area contributed by atoms with E-state index >= 15 is 0 Å². The zero-order valence-corrected chi connectivity index (χ0v) is 7.68. The second kappa shape index (κ2) is 2.46. The third-order valence-corrected chi connectivity index (χ3v) is 3.91. The molecule has 2 nitrogen and oxygen atoms in total. The van der Waals surface area contributed by atoms with Crippen molar-refractivity contribution in [2.75, 3.05) is 32.7 Å². The van der Waals surface area contributed by atoms with E-state index in [0.29, 0.717) is 0 Å². The van der Waals surface area contributed by atoms with Crippen LogP contribution in [0.3, 0.4) is 0 Å². The maximum absolute atomic E-state index is 3.34. The number of rotatable bonds is 2. The fourth-order valence-corrected chi connectivity index (χ4v) is 2.87. The molecule has 2 heteroatoms. The van der Waals surface area contributed by atoms with E-state index in [0.717, 1.165) is 11.3 Å². The normalized spacial score (nSPS) is 34.0. The molecule has 0 bridgehead atoms. The maximum atomic E-state index is 3.34. The molecule has 0 unspecified atom stereocenters. The van der Waals surface area contributed by atoms with E-state index in [9.17, 15) is 0 Å². The monoisotopic (exact) mass is 166 g/mol. The molecular weight excluding hydrogens is 148 g/mol. The molecule has 0 amide bonds. The summed E-state index contributed by atoms with van der Waals surface area (Å²) in [6.07, 6.45) is 4.54. The molecular formula is C10H18N2. The average Bonchev–Trinajstić information content (AvgIpc) is 1.76. The summed E-state index contributed by atoms with van der Waals surface area (Å²) in [5.41, 5.74) is 0.831. The first-order valence-corrected chi connectivity index (χ1v) is 5.29. The van der Waals surface area contributed by atoms with E-state index in [-0.39, 0.29) is 0 Å². The second-order valence-electron chi connectivity index (χ2n) is 5.05. The van der Waals surface area contributed by atoms with Crippen molar-refractivity contribution < 1.29 is 0 Å². The van der Waals surface area contributed by atoms with Crippen molar-refractivity contribution in [3.05, 3.63) is 0 Å². The Labute approximate surface area is 74.3 Å². The number of hydrogen-bond donors (Lipinski definition) is 1. The molecule has 0 aromatic rings. The SMILES string of the molecule is C1CC2(C1)CN(CC1CNC1)C2. The van der Waals surface area contributed by atoms with Crippen LogP contribution in [0.1, 0.15) is 19.3 Å². The number of hydrogen-bond acceptors (Lipinski definition) is 2. The van der Waals surface area contributed by atoms with Crippen LogP contribution in [-0.2, 0) is 0 Å². The van der Waals surface area contributed by atoms with Crippen molar-refractivity contribution in [2.24, 2.45) is 11.3 Å². The Morgan fingerprint density at radius 3 is 2.42 bits per heavy atom. The molecule has 1 N–H and O–H groups in total. The topological polar surface area (TPSA) is 15.3 Å². The van der Waals surface area contributed by atoms with Crippen molar-refractivity contribution in [2.45, 2.75) is 19.3 Å². The van der Waals surface area contributed by atoms with Crippen LogP contribution in [0.15, 0.2) is 0 Å². The molecule has 0 aromatic carbocycles. The summed E-state index contributed by atoms with van der Waals surface area (Å²) in [6, 6.07) is 0. The summed E-state index contributed by atoms with van der Waals surface area (Å²) in [7, 11) is 0. The van der Waals surface area contributed by atoms with Gasteiger partial charge in [-0.2, -0.15) is 0 Å². The smallest absolute Gasteiger partial charge is 0.00506 e. The van der Waals surface area contributed by atoms with Gasteiger partial charge < -0.3 is 10.2 Å². The van der Waals surface area contributed by atoms with Gasteiger partial charge in [-0.05, 0) is 24.2 Å². The molecule has 2 saturated heterocycles. The maximum Gasteiger partial charge on any atom is 0.00506 e. The van der Waals surface area contributed by atoms with Gasteiger partial charge in [0.1, 0.15) is 0 Å². The molecule has 0 atom stereocenters. The average molecular weight is 166 g/mol. The van der Waals surface area contributed by atoms with Crippen molar-refractivity contribution in [3.63, 3.8) is 0 Å². The Hall–Kier alpha value is -0.0800. The number of nitrogens with zero attached hydrogens (tertiary/aromatic N) is 1. The lowest BCUT2D eigenvalue weighted by atomic mass is 9.63.